The van der Waals surface area contributed by atoms with E-state index >= 15 is 0 Å². The van der Waals surface area contributed by atoms with Crippen LogP contribution in [0.2, 0.25) is 0 Å². The van der Waals surface area contributed by atoms with Gasteiger partial charge in [-0.3, -0.25) is 19.9 Å². The van der Waals surface area contributed by atoms with E-state index in [1.807, 2.05) is 13.8 Å². The minimum Gasteiger partial charge on any atom is -0.387 e. The largest absolute Gasteiger partial charge is 0.387 e. The molecule has 2 atom stereocenters. The molecule has 6 nitrogen and oxygen atoms in total. The summed E-state index contributed by atoms with van der Waals surface area (Å²) in [4.78, 5) is 29.3. The third kappa shape index (κ3) is 2.80. The Labute approximate surface area is 117 Å². The van der Waals surface area contributed by atoms with Crippen molar-refractivity contribution in [1.29, 1.82) is 0 Å². The van der Waals surface area contributed by atoms with Crippen LogP contribution in [0.5, 0.6) is 0 Å². The topological polar surface area (TPSA) is 82.5 Å². The molecule has 1 fully saturated rings. The monoisotopic (exact) mass is 277 g/mol. The van der Waals surface area contributed by atoms with Gasteiger partial charge in [0.2, 0.25) is 11.8 Å². The fraction of sp³-hybridized carbons (Fsp3) is 0.500. The predicted octanol–water partition coefficient (Wildman–Crippen LogP) is 0.766. The lowest BCUT2D eigenvalue weighted by molar-refractivity contribution is -0.132. The summed E-state index contributed by atoms with van der Waals surface area (Å²) in [6.07, 6.45) is 2.22. The lowest BCUT2D eigenvalue weighted by Gasteiger charge is -2.35. The van der Waals surface area contributed by atoms with Crippen molar-refractivity contribution in [3.8, 4) is 0 Å². The van der Waals surface area contributed by atoms with Crippen molar-refractivity contribution in [2.45, 2.75) is 38.8 Å². The van der Waals surface area contributed by atoms with Gasteiger partial charge in [0.15, 0.2) is 0 Å². The average Bonchev–Trinajstić information content (AvgIpc) is 2.46. The number of pyridine rings is 1. The molecule has 1 aliphatic heterocycles. The van der Waals surface area contributed by atoms with Crippen LogP contribution in [0.3, 0.4) is 0 Å². The Morgan fingerprint density at radius 2 is 2.20 bits per heavy atom. The molecule has 0 saturated carbocycles. The average molecular weight is 277 g/mol. The van der Waals surface area contributed by atoms with E-state index in [9.17, 15) is 14.7 Å². The number of hydrogen-bond acceptors (Lipinski definition) is 5. The van der Waals surface area contributed by atoms with Gasteiger partial charge in [0.05, 0.1) is 30.2 Å². The van der Waals surface area contributed by atoms with Gasteiger partial charge in [-0.15, -0.1) is 0 Å². The van der Waals surface area contributed by atoms with Gasteiger partial charge in [-0.05, 0) is 25.0 Å². The molecule has 0 spiro atoms. The first-order valence-corrected chi connectivity index (χ1v) is 6.81. The molecule has 2 amide bonds. The molecule has 1 aliphatic rings. The molecule has 108 valence electrons. The van der Waals surface area contributed by atoms with E-state index in [-0.39, 0.29) is 24.4 Å². The molecular formula is C14H19N3O3. The second kappa shape index (κ2) is 6.00. The fourth-order valence-corrected chi connectivity index (χ4v) is 2.32. The van der Waals surface area contributed by atoms with Crippen LogP contribution in [0, 0.1) is 0 Å². The quantitative estimate of drug-likeness (QED) is 0.794. The number of aliphatic hydroxyl groups excluding tert-OH is 1. The maximum atomic E-state index is 11.8. The number of nitrogens with one attached hydrogen (secondary N) is 1. The molecule has 20 heavy (non-hydrogen) atoms. The van der Waals surface area contributed by atoms with Crippen molar-refractivity contribution in [2.75, 3.05) is 11.4 Å². The SMILES string of the molecule is CCC(O)c1ccc(N2CC(=O)NC(=O)C2CC)cn1. The van der Waals surface area contributed by atoms with Gasteiger partial charge < -0.3 is 10.0 Å². The summed E-state index contributed by atoms with van der Waals surface area (Å²) >= 11 is 0. The zero-order valence-electron chi connectivity index (χ0n) is 11.7. The van der Waals surface area contributed by atoms with Gasteiger partial charge in [0.25, 0.3) is 0 Å². The maximum Gasteiger partial charge on any atom is 0.249 e. The number of anilines is 1. The molecule has 0 radical (unpaired) electrons. The first kappa shape index (κ1) is 14.5. The first-order chi connectivity index (χ1) is 9.56. The summed E-state index contributed by atoms with van der Waals surface area (Å²) in [7, 11) is 0. The van der Waals surface area contributed by atoms with Crippen molar-refractivity contribution < 1.29 is 14.7 Å². The highest BCUT2D eigenvalue weighted by molar-refractivity contribution is 6.04. The van der Waals surface area contributed by atoms with Crippen molar-refractivity contribution in [3.63, 3.8) is 0 Å². The maximum absolute atomic E-state index is 11.8. The van der Waals surface area contributed by atoms with Gasteiger partial charge in [-0.2, -0.15) is 0 Å². The molecule has 2 rings (SSSR count). The third-order valence-corrected chi connectivity index (χ3v) is 3.47. The highest BCUT2D eigenvalue weighted by Crippen LogP contribution is 2.22. The minimum absolute atomic E-state index is 0.140. The number of carbonyl (C=O) groups is 2. The zero-order valence-corrected chi connectivity index (χ0v) is 11.7. The van der Waals surface area contributed by atoms with Crippen LogP contribution in [0.25, 0.3) is 0 Å². The van der Waals surface area contributed by atoms with Crippen molar-refractivity contribution in [2.24, 2.45) is 0 Å². The highest BCUT2D eigenvalue weighted by atomic mass is 16.3. The molecule has 1 aromatic heterocycles. The number of carbonyl (C=O) groups excluding carboxylic acids is 2. The second-order valence-corrected chi connectivity index (χ2v) is 4.83. The van der Waals surface area contributed by atoms with E-state index in [1.165, 1.54) is 0 Å². The van der Waals surface area contributed by atoms with Gasteiger partial charge in [0, 0.05) is 0 Å². The van der Waals surface area contributed by atoms with Gasteiger partial charge >= 0.3 is 0 Å². The molecule has 0 bridgehead atoms. The molecule has 2 unspecified atom stereocenters. The lowest BCUT2D eigenvalue weighted by atomic mass is 10.1. The second-order valence-electron chi connectivity index (χ2n) is 4.83. The highest BCUT2D eigenvalue weighted by Gasteiger charge is 2.32. The van der Waals surface area contributed by atoms with E-state index < -0.39 is 6.10 Å². The molecule has 2 heterocycles. The summed E-state index contributed by atoms with van der Waals surface area (Å²) in [6, 6.07) is 3.15. The number of aliphatic hydroxyl groups is 1. The molecule has 1 saturated heterocycles. The Balaban J connectivity index is 2.24. The van der Waals surface area contributed by atoms with E-state index in [0.29, 0.717) is 24.2 Å². The molecule has 1 aromatic rings. The normalized spacial score (nSPS) is 20.8. The molecule has 0 aromatic carbocycles. The Morgan fingerprint density at radius 3 is 2.75 bits per heavy atom. The number of piperazine rings is 1. The first-order valence-electron chi connectivity index (χ1n) is 6.81. The predicted molar refractivity (Wildman–Crippen MR) is 74.1 cm³/mol. The van der Waals surface area contributed by atoms with Gasteiger partial charge in [0.1, 0.15) is 6.04 Å². The van der Waals surface area contributed by atoms with Crippen LogP contribution in [0.1, 0.15) is 38.5 Å². The summed E-state index contributed by atoms with van der Waals surface area (Å²) in [5, 5.41) is 12.1. The number of amides is 2. The molecule has 0 aliphatic carbocycles. The number of rotatable bonds is 4. The van der Waals surface area contributed by atoms with Gasteiger partial charge in [-0.1, -0.05) is 13.8 Å². The van der Waals surface area contributed by atoms with Crippen LogP contribution in [0.15, 0.2) is 18.3 Å². The summed E-state index contributed by atoms with van der Waals surface area (Å²) in [5.41, 5.74) is 1.31. The Kier molecular flexibility index (Phi) is 4.34. The van der Waals surface area contributed by atoms with Crippen molar-refractivity contribution in [3.05, 3.63) is 24.0 Å². The number of hydrogen-bond donors (Lipinski definition) is 2. The fourth-order valence-electron chi connectivity index (χ4n) is 2.32. The molecule has 6 heteroatoms. The van der Waals surface area contributed by atoms with Crippen molar-refractivity contribution in [1.82, 2.24) is 10.3 Å². The standard InChI is InChI=1S/C14H19N3O3/c1-3-11-14(20)16-13(19)8-17(11)9-5-6-10(15-7-9)12(18)4-2/h5-7,11-12,18H,3-4,8H2,1-2H3,(H,16,19,20). The summed E-state index contributed by atoms with van der Waals surface area (Å²) in [5.74, 6) is -0.584. The Morgan fingerprint density at radius 1 is 1.45 bits per heavy atom. The van der Waals surface area contributed by atoms with Crippen LogP contribution >= 0.6 is 0 Å². The van der Waals surface area contributed by atoms with E-state index in [4.69, 9.17) is 0 Å². The molecule has 2 N–H and O–H groups in total. The third-order valence-electron chi connectivity index (χ3n) is 3.47. The van der Waals surface area contributed by atoms with E-state index in [0.717, 1.165) is 0 Å². The van der Waals surface area contributed by atoms with E-state index in [2.05, 4.69) is 10.3 Å². The van der Waals surface area contributed by atoms with Crippen LogP contribution in [-0.2, 0) is 9.59 Å². The number of imide groups is 1. The lowest BCUT2D eigenvalue weighted by Crippen LogP contribution is -2.58. The Bertz CT molecular complexity index is 501. The number of nitrogens with zero attached hydrogens (tertiary/aromatic N) is 2. The number of aromatic nitrogens is 1. The van der Waals surface area contributed by atoms with Gasteiger partial charge in [-0.25, -0.2) is 0 Å². The zero-order chi connectivity index (χ0) is 14.7. The summed E-state index contributed by atoms with van der Waals surface area (Å²) in [6.45, 7) is 3.91. The summed E-state index contributed by atoms with van der Waals surface area (Å²) < 4.78 is 0. The Hall–Kier alpha value is -1.95. The van der Waals surface area contributed by atoms with E-state index in [1.54, 1.807) is 23.2 Å². The van der Waals surface area contributed by atoms with Crippen LogP contribution in [-0.4, -0.2) is 34.5 Å². The molecular weight excluding hydrogens is 258 g/mol. The minimum atomic E-state index is -0.586. The van der Waals surface area contributed by atoms with Crippen LogP contribution < -0.4 is 10.2 Å². The smallest absolute Gasteiger partial charge is 0.249 e. The van der Waals surface area contributed by atoms with Crippen LogP contribution in [0.4, 0.5) is 5.69 Å². The van der Waals surface area contributed by atoms with Crippen molar-refractivity contribution >= 4 is 17.5 Å².